The molecule has 0 atom stereocenters. The zero-order valence-corrected chi connectivity index (χ0v) is 11.1. The van der Waals surface area contributed by atoms with Crippen LogP contribution in [0, 0.1) is 0 Å². The highest BCUT2D eigenvalue weighted by Gasteiger charge is 2.14. The van der Waals surface area contributed by atoms with Crippen molar-refractivity contribution >= 4 is 11.8 Å². The number of ketones is 1. The lowest BCUT2D eigenvalue weighted by Gasteiger charge is -2.03. The van der Waals surface area contributed by atoms with Crippen LogP contribution in [0.5, 0.6) is 0 Å². The number of aliphatic hydroxyl groups excluding tert-OH is 1. The highest BCUT2D eigenvalue weighted by Crippen LogP contribution is 2.12. The molecule has 0 radical (unpaired) electrons. The number of carbonyl (C=O) groups excluding carboxylic acids is 1. The summed E-state index contributed by atoms with van der Waals surface area (Å²) in [5.41, 5.74) is 5.19. The molecule has 1 aromatic carbocycles. The number of carbonyl (C=O) groups is 2. The summed E-state index contributed by atoms with van der Waals surface area (Å²) >= 11 is 0. The molecule has 0 amide bonds. The Hall–Kier alpha value is -1.72. The van der Waals surface area contributed by atoms with E-state index in [4.69, 9.17) is 15.9 Å². The number of rotatable bonds is 6. The van der Waals surface area contributed by atoms with Crippen molar-refractivity contribution in [3.63, 3.8) is 0 Å². The SMILES string of the molecule is CCCCC(=O)c1ccccc1C(=O)O.NCCO. The molecule has 0 aliphatic rings. The number of hydrogen-bond acceptors (Lipinski definition) is 4. The molecular formula is C14H21NO4. The Balaban J connectivity index is 0.000000711. The number of aromatic carboxylic acids is 1. The van der Waals surface area contributed by atoms with Crippen LogP contribution >= 0.6 is 0 Å². The van der Waals surface area contributed by atoms with E-state index >= 15 is 0 Å². The maximum absolute atomic E-state index is 11.7. The molecule has 4 N–H and O–H groups in total. The summed E-state index contributed by atoms with van der Waals surface area (Å²) in [6.45, 7) is 2.47. The van der Waals surface area contributed by atoms with Gasteiger partial charge in [-0.2, -0.15) is 0 Å². The second-order valence-electron chi connectivity index (χ2n) is 3.89. The van der Waals surface area contributed by atoms with Crippen LogP contribution in [0.4, 0.5) is 0 Å². The lowest BCUT2D eigenvalue weighted by molar-refractivity contribution is 0.0691. The zero-order valence-electron chi connectivity index (χ0n) is 11.1. The van der Waals surface area contributed by atoms with Gasteiger partial charge in [0.2, 0.25) is 0 Å². The third kappa shape index (κ3) is 6.69. The van der Waals surface area contributed by atoms with Gasteiger partial charge in [0, 0.05) is 18.5 Å². The van der Waals surface area contributed by atoms with Crippen LogP contribution in [0.15, 0.2) is 24.3 Å². The minimum absolute atomic E-state index is 0.0881. The van der Waals surface area contributed by atoms with Gasteiger partial charge in [0.1, 0.15) is 0 Å². The molecule has 0 bridgehead atoms. The number of aliphatic hydroxyl groups is 1. The second-order valence-corrected chi connectivity index (χ2v) is 3.89. The number of benzene rings is 1. The number of unbranched alkanes of at least 4 members (excludes halogenated alkanes) is 1. The van der Waals surface area contributed by atoms with Crippen molar-refractivity contribution in [1.29, 1.82) is 0 Å². The molecule has 106 valence electrons. The van der Waals surface area contributed by atoms with E-state index in [0.29, 0.717) is 18.5 Å². The highest BCUT2D eigenvalue weighted by molar-refractivity contribution is 6.05. The molecule has 0 spiro atoms. The maximum Gasteiger partial charge on any atom is 0.336 e. The van der Waals surface area contributed by atoms with E-state index in [0.717, 1.165) is 12.8 Å². The molecule has 1 aromatic rings. The zero-order chi connectivity index (χ0) is 14.7. The van der Waals surface area contributed by atoms with E-state index in [-0.39, 0.29) is 18.0 Å². The van der Waals surface area contributed by atoms with Gasteiger partial charge in [0.25, 0.3) is 0 Å². The van der Waals surface area contributed by atoms with Crippen LogP contribution in [-0.4, -0.2) is 35.1 Å². The summed E-state index contributed by atoms with van der Waals surface area (Å²) in [4.78, 5) is 22.5. The molecule has 0 aliphatic carbocycles. The summed E-state index contributed by atoms with van der Waals surface area (Å²) in [6.07, 6.45) is 2.15. The van der Waals surface area contributed by atoms with Crippen LogP contribution in [0.1, 0.15) is 46.9 Å². The second kappa shape index (κ2) is 10.2. The van der Waals surface area contributed by atoms with E-state index in [1.54, 1.807) is 18.2 Å². The highest BCUT2D eigenvalue weighted by atomic mass is 16.4. The predicted octanol–water partition coefficient (Wildman–Crippen LogP) is 1.70. The Morgan fingerprint density at radius 2 is 1.74 bits per heavy atom. The first-order chi connectivity index (χ1) is 9.08. The Kier molecular flexibility index (Phi) is 9.30. The molecule has 0 fully saturated rings. The van der Waals surface area contributed by atoms with Crippen molar-refractivity contribution in [2.75, 3.05) is 13.2 Å². The molecule has 0 aromatic heterocycles. The molecule has 0 saturated carbocycles. The lowest BCUT2D eigenvalue weighted by atomic mass is 10.0. The van der Waals surface area contributed by atoms with Gasteiger partial charge in [0.05, 0.1) is 12.2 Å². The first-order valence-electron chi connectivity index (χ1n) is 6.24. The lowest BCUT2D eigenvalue weighted by Crippen LogP contribution is -2.08. The van der Waals surface area contributed by atoms with Crippen LogP contribution in [0.3, 0.4) is 0 Å². The van der Waals surface area contributed by atoms with Crippen LogP contribution in [0.2, 0.25) is 0 Å². The van der Waals surface area contributed by atoms with Gasteiger partial charge >= 0.3 is 5.97 Å². The Labute approximate surface area is 113 Å². The predicted molar refractivity (Wildman–Crippen MR) is 73.4 cm³/mol. The van der Waals surface area contributed by atoms with E-state index < -0.39 is 5.97 Å². The van der Waals surface area contributed by atoms with Gasteiger partial charge in [-0.05, 0) is 12.5 Å². The van der Waals surface area contributed by atoms with Gasteiger partial charge in [-0.3, -0.25) is 4.79 Å². The van der Waals surface area contributed by atoms with Crippen molar-refractivity contribution in [3.05, 3.63) is 35.4 Å². The Morgan fingerprint density at radius 1 is 1.21 bits per heavy atom. The van der Waals surface area contributed by atoms with Crippen molar-refractivity contribution in [2.45, 2.75) is 26.2 Å². The quantitative estimate of drug-likeness (QED) is 0.681. The normalized spacial score (nSPS) is 9.42. The summed E-state index contributed by atoms with van der Waals surface area (Å²) in [5.74, 6) is -1.13. The van der Waals surface area contributed by atoms with Gasteiger partial charge in [-0.25, -0.2) is 4.79 Å². The molecule has 19 heavy (non-hydrogen) atoms. The Morgan fingerprint density at radius 3 is 2.16 bits per heavy atom. The average molecular weight is 267 g/mol. The largest absolute Gasteiger partial charge is 0.478 e. The summed E-state index contributed by atoms with van der Waals surface area (Å²) in [5, 5.41) is 16.6. The minimum Gasteiger partial charge on any atom is -0.478 e. The fraction of sp³-hybridized carbons (Fsp3) is 0.429. The minimum atomic E-state index is -1.05. The van der Waals surface area contributed by atoms with Crippen LogP contribution in [-0.2, 0) is 0 Å². The average Bonchev–Trinajstić information content (AvgIpc) is 2.44. The number of Topliss-reactive ketones (excluding diaryl/α,β-unsaturated/α-hetero) is 1. The van der Waals surface area contributed by atoms with Crippen LogP contribution < -0.4 is 5.73 Å². The molecular weight excluding hydrogens is 246 g/mol. The third-order valence-electron chi connectivity index (χ3n) is 2.34. The van der Waals surface area contributed by atoms with Crippen molar-refractivity contribution in [3.8, 4) is 0 Å². The van der Waals surface area contributed by atoms with Crippen molar-refractivity contribution in [1.82, 2.24) is 0 Å². The van der Waals surface area contributed by atoms with Gasteiger partial charge in [0.15, 0.2) is 5.78 Å². The fourth-order valence-corrected chi connectivity index (χ4v) is 1.38. The summed E-state index contributed by atoms with van der Waals surface area (Å²) < 4.78 is 0. The fourth-order valence-electron chi connectivity index (χ4n) is 1.38. The number of carboxylic acids is 1. The summed E-state index contributed by atoms with van der Waals surface area (Å²) in [6, 6.07) is 6.34. The molecule has 0 heterocycles. The number of carboxylic acid groups (broad SMARTS) is 1. The van der Waals surface area contributed by atoms with Gasteiger partial charge < -0.3 is 15.9 Å². The molecule has 5 heteroatoms. The standard InChI is InChI=1S/C12H14O3.C2H7NO/c1-2-3-8-11(13)9-6-4-5-7-10(9)12(14)15;3-1-2-4/h4-7H,2-3,8H2,1H3,(H,14,15);4H,1-3H2. The van der Waals surface area contributed by atoms with E-state index in [1.165, 1.54) is 6.07 Å². The molecule has 5 nitrogen and oxygen atoms in total. The smallest absolute Gasteiger partial charge is 0.336 e. The monoisotopic (exact) mass is 267 g/mol. The topological polar surface area (TPSA) is 101 Å². The van der Waals surface area contributed by atoms with E-state index in [1.807, 2.05) is 6.92 Å². The third-order valence-corrected chi connectivity index (χ3v) is 2.34. The molecule has 0 saturated heterocycles. The maximum atomic E-state index is 11.7. The van der Waals surface area contributed by atoms with Crippen molar-refractivity contribution < 1.29 is 19.8 Å². The van der Waals surface area contributed by atoms with Gasteiger partial charge in [-0.1, -0.05) is 31.5 Å². The van der Waals surface area contributed by atoms with Crippen molar-refractivity contribution in [2.24, 2.45) is 5.73 Å². The summed E-state index contributed by atoms with van der Waals surface area (Å²) in [7, 11) is 0. The Bertz CT molecular complexity index is 402. The number of hydrogen-bond donors (Lipinski definition) is 3. The van der Waals surface area contributed by atoms with Crippen LogP contribution in [0.25, 0.3) is 0 Å². The molecule has 1 rings (SSSR count). The molecule has 0 unspecified atom stereocenters. The van der Waals surface area contributed by atoms with E-state index in [9.17, 15) is 9.59 Å². The van der Waals surface area contributed by atoms with Gasteiger partial charge in [-0.15, -0.1) is 0 Å². The van der Waals surface area contributed by atoms with E-state index in [2.05, 4.69) is 0 Å². The first-order valence-corrected chi connectivity index (χ1v) is 6.24. The number of nitrogens with two attached hydrogens (primary N) is 1. The first kappa shape index (κ1) is 17.3. The molecule has 0 aliphatic heterocycles.